The van der Waals surface area contributed by atoms with E-state index in [-0.39, 0.29) is 11.2 Å². The van der Waals surface area contributed by atoms with Gasteiger partial charge in [0.15, 0.2) is 0 Å². The van der Waals surface area contributed by atoms with Crippen molar-refractivity contribution in [2.24, 2.45) is 17.1 Å². The average Bonchev–Trinajstić information content (AvgIpc) is 2.72. The van der Waals surface area contributed by atoms with Gasteiger partial charge in [-0.25, -0.2) is 4.39 Å². The zero-order valence-corrected chi connectivity index (χ0v) is 10.5. The first-order valence-electron chi connectivity index (χ1n) is 5.13. The average molecular weight is 272 g/mol. The van der Waals surface area contributed by atoms with Crippen molar-refractivity contribution in [3.63, 3.8) is 0 Å². The SMILES string of the molecule is CC1(C)[C@@H](CN)[C@@H]1c1cc(F)ccc1Br. The maximum atomic E-state index is 13.2. The molecule has 1 aliphatic carbocycles. The molecule has 2 rings (SSSR count). The molecule has 1 aromatic rings. The Bertz CT molecular complexity index is 389. The van der Waals surface area contributed by atoms with Crippen LogP contribution in [0, 0.1) is 17.2 Å². The van der Waals surface area contributed by atoms with E-state index in [1.54, 1.807) is 12.1 Å². The normalized spacial score (nSPS) is 27.8. The van der Waals surface area contributed by atoms with Gasteiger partial charge < -0.3 is 5.73 Å². The number of halogens is 2. The molecular formula is C12H15BrFN. The maximum absolute atomic E-state index is 13.2. The van der Waals surface area contributed by atoms with E-state index in [0.717, 1.165) is 10.0 Å². The van der Waals surface area contributed by atoms with E-state index < -0.39 is 0 Å². The molecule has 0 unspecified atom stereocenters. The van der Waals surface area contributed by atoms with E-state index >= 15 is 0 Å². The van der Waals surface area contributed by atoms with Gasteiger partial charge in [-0.05, 0) is 47.6 Å². The molecule has 1 aromatic carbocycles. The molecule has 0 aromatic heterocycles. The van der Waals surface area contributed by atoms with Gasteiger partial charge in [-0.2, -0.15) is 0 Å². The van der Waals surface area contributed by atoms with Gasteiger partial charge in [0.05, 0.1) is 0 Å². The van der Waals surface area contributed by atoms with Gasteiger partial charge in [-0.15, -0.1) is 0 Å². The summed E-state index contributed by atoms with van der Waals surface area (Å²) in [7, 11) is 0. The molecule has 1 aliphatic rings. The summed E-state index contributed by atoms with van der Waals surface area (Å²) in [6, 6.07) is 4.86. The third-order valence-corrected chi connectivity index (χ3v) is 4.32. The number of benzene rings is 1. The predicted molar refractivity (Wildman–Crippen MR) is 63.2 cm³/mol. The van der Waals surface area contributed by atoms with Crippen molar-refractivity contribution < 1.29 is 4.39 Å². The summed E-state index contributed by atoms with van der Waals surface area (Å²) in [5, 5.41) is 0. The Balaban J connectivity index is 2.36. The molecule has 2 N–H and O–H groups in total. The highest BCUT2D eigenvalue weighted by Gasteiger charge is 2.57. The lowest BCUT2D eigenvalue weighted by molar-refractivity contribution is 0.557. The molecule has 1 saturated carbocycles. The number of hydrogen-bond donors (Lipinski definition) is 1. The predicted octanol–water partition coefficient (Wildman–Crippen LogP) is 3.29. The van der Waals surface area contributed by atoms with Crippen LogP contribution in [0.4, 0.5) is 4.39 Å². The summed E-state index contributed by atoms with van der Waals surface area (Å²) >= 11 is 3.47. The van der Waals surface area contributed by atoms with Gasteiger partial charge in [0.2, 0.25) is 0 Å². The van der Waals surface area contributed by atoms with Crippen LogP contribution in [0.5, 0.6) is 0 Å². The van der Waals surface area contributed by atoms with Crippen LogP contribution in [0.1, 0.15) is 25.3 Å². The molecule has 3 heteroatoms. The lowest BCUT2D eigenvalue weighted by Gasteiger charge is -2.06. The molecule has 82 valence electrons. The van der Waals surface area contributed by atoms with Crippen LogP contribution in [0.3, 0.4) is 0 Å². The Morgan fingerprint density at radius 3 is 2.67 bits per heavy atom. The van der Waals surface area contributed by atoms with E-state index in [4.69, 9.17) is 5.73 Å². The van der Waals surface area contributed by atoms with Gasteiger partial charge in [-0.3, -0.25) is 0 Å². The minimum absolute atomic E-state index is 0.174. The highest BCUT2D eigenvalue weighted by molar-refractivity contribution is 9.10. The number of hydrogen-bond acceptors (Lipinski definition) is 1. The quantitative estimate of drug-likeness (QED) is 0.878. The molecule has 0 heterocycles. The highest BCUT2D eigenvalue weighted by Crippen LogP contribution is 2.64. The lowest BCUT2D eigenvalue weighted by atomic mass is 10.0. The van der Waals surface area contributed by atoms with Gasteiger partial charge in [-0.1, -0.05) is 29.8 Å². The summed E-state index contributed by atoms with van der Waals surface area (Å²) in [5.74, 6) is 0.676. The Labute approximate surface area is 98.0 Å². The summed E-state index contributed by atoms with van der Waals surface area (Å²) in [5.41, 5.74) is 6.97. The van der Waals surface area contributed by atoms with Crippen molar-refractivity contribution in [2.45, 2.75) is 19.8 Å². The minimum Gasteiger partial charge on any atom is -0.330 e. The molecule has 1 nitrogen and oxygen atoms in total. The largest absolute Gasteiger partial charge is 0.330 e. The summed E-state index contributed by atoms with van der Waals surface area (Å²) in [4.78, 5) is 0. The number of nitrogens with two attached hydrogens (primary N) is 1. The molecule has 0 radical (unpaired) electrons. The molecule has 15 heavy (non-hydrogen) atoms. The third-order valence-electron chi connectivity index (χ3n) is 3.60. The van der Waals surface area contributed by atoms with E-state index in [1.807, 2.05) is 0 Å². The molecule has 0 spiro atoms. The van der Waals surface area contributed by atoms with Crippen LogP contribution >= 0.6 is 15.9 Å². The van der Waals surface area contributed by atoms with E-state index in [9.17, 15) is 4.39 Å². The maximum Gasteiger partial charge on any atom is 0.123 e. The van der Waals surface area contributed by atoms with Gasteiger partial charge >= 0.3 is 0 Å². The van der Waals surface area contributed by atoms with Crippen molar-refractivity contribution in [3.8, 4) is 0 Å². The third kappa shape index (κ3) is 1.72. The van der Waals surface area contributed by atoms with Crippen LogP contribution in [-0.4, -0.2) is 6.54 Å². The summed E-state index contributed by atoms with van der Waals surface area (Å²) in [6.07, 6.45) is 0. The standard InChI is InChI=1S/C12H15BrFN/c1-12(2)9(6-15)11(12)8-5-7(14)3-4-10(8)13/h3-5,9,11H,6,15H2,1-2H3/t9-,11-/m0/s1. The first-order chi connectivity index (χ1) is 6.98. The molecule has 0 aliphatic heterocycles. The van der Waals surface area contributed by atoms with Crippen LogP contribution < -0.4 is 5.73 Å². The second kappa shape index (κ2) is 3.56. The van der Waals surface area contributed by atoms with Crippen LogP contribution in [-0.2, 0) is 0 Å². The van der Waals surface area contributed by atoms with E-state index in [0.29, 0.717) is 18.4 Å². The fraction of sp³-hybridized carbons (Fsp3) is 0.500. The van der Waals surface area contributed by atoms with Crippen LogP contribution in [0.25, 0.3) is 0 Å². The Kier molecular flexibility index (Phi) is 2.63. The molecular weight excluding hydrogens is 257 g/mol. The smallest absolute Gasteiger partial charge is 0.123 e. The fourth-order valence-electron chi connectivity index (χ4n) is 2.55. The molecule has 1 fully saturated rings. The monoisotopic (exact) mass is 271 g/mol. The van der Waals surface area contributed by atoms with Crippen LogP contribution in [0.15, 0.2) is 22.7 Å². The summed E-state index contributed by atoms with van der Waals surface area (Å²) < 4.78 is 14.2. The van der Waals surface area contributed by atoms with Crippen molar-refractivity contribution in [2.75, 3.05) is 6.54 Å². The highest BCUT2D eigenvalue weighted by atomic mass is 79.9. The lowest BCUT2D eigenvalue weighted by Crippen LogP contribution is -2.05. The molecule has 0 amide bonds. The Morgan fingerprint density at radius 1 is 1.47 bits per heavy atom. The second-order valence-electron chi connectivity index (χ2n) is 4.81. The first kappa shape index (κ1) is 11.1. The minimum atomic E-state index is -0.174. The zero-order valence-electron chi connectivity index (χ0n) is 8.93. The van der Waals surface area contributed by atoms with Gasteiger partial charge in [0, 0.05) is 4.47 Å². The van der Waals surface area contributed by atoms with E-state index in [2.05, 4.69) is 29.8 Å². The second-order valence-corrected chi connectivity index (χ2v) is 5.66. The zero-order chi connectivity index (χ0) is 11.2. The summed E-state index contributed by atoms with van der Waals surface area (Å²) in [6.45, 7) is 5.04. The topological polar surface area (TPSA) is 26.0 Å². The van der Waals surface area contributed by atoms with E-state index in [1.165, 1.54) is 6.07 Å². The fourth-order valence-corrected chi connectivity index (χ4v) is 3.05. The number of rotatable bonds is 2. The van der Waals surface area contributed by atoms with Gasteiger partial charge in [0.1, 0.15) is 5.82 Å². The van der Waals surface area contributed by atoms with Gasteiger partial charge in [0.25, 0.3) is 0 Å². The Hall–Kier alpha value is -0.410. The van der Waals surface area contributed by atoms with Crippen molar-refractivity contribution in [3.05, 3.63) is 34.1 Å². The molecule has 0 bridgehead atoms. The van der Waals surface area contributed by atoms with Crippen LogP contribution in [0.2, 0.25) is 0 Å². The first-order valence-corrected chi connectivity index (χ1v) is 5.92. The molecule has 0 saturated heterocycles. The molecule has 2 atom stereocenters. The van der Waals surface area contributed by atoms with Crippen molar-refractivity contribution in [1.29, 1.82) is 0 Å². The van der Waals surface area contributed by atoms with Crippen molar-refractivity contribution >= 4 is 15.9 Å². The Morgan fingerprint density at radius 2 is 2.13 bits per heavy atom. The van der Waals surface area contributed by atoms with Crippen molar-refractivity contribution in [1.82, 2.24) is 0 Å².